The minimum absolute atomic E-state index is 0.0434. The van der Waals surface area contributed by atoms with Crippen LogP contribution in [0.15, 0.2) is 30.5 Å². The minimum Gasteiger partial charge on any atom is -0.481 e. The van der Waals surface area contributed by atoms with Crippen molar-refractivity contribution in [3.8, 4) is 0 Å². The van der Waals surface area contributed by atoms with Crippen LogP contribution in [0, 0.1) is 11.8 Å². The molecule has 0 fully saturated rings. The highest BCUT2D eigenvalue weighted by Crippen LogP contribution is 2.21. The molecule has 0 spiro atoms. The van der Waals surface area contributed by atoms with Gasteiger partial charge in [0, 0.05) is 43.4 Å². The van der Waals surface area contributed by atoms with E-state index in [0.717, 1.165) is 16.5 Å². The van der Waals surface area contributed by atoms with Gasteiger partial charge >= 0.3 is 5.97 Å². The molecule has 2 rings (SSSR count). The summed E-state index contributed by atoms with van der Waals surface area (Å²) in [4.78, 5) is 81.9. The number of amides is 5. The highest BCUT2D eigenvalue weighted by atomic mass is 16.4. The third-order valence-electron chi connectivity index (χ3n) is 8.44. The Hall–Kier alpha value is -4.42. The second kappa shape index (κ2) is 17.9. The first-order valence-corrected chi connectivity index (χ1v) is 16.0. The topological polar surface area (TPSA) is 204 Å². The summed E-state index contributed by atoms with van der Waals surface area (Å²) in [5.41, 5.74) is 7.23. The SMILES string of the molecule is CCCN(C(=O)[C@H](Cc1c[nH]c2ccccc12)NC(=O)[C@@H](NC(=O)[C@@H](NC(C)=O)[C@@H](C)CC)[C@@H](C)CC)[C@@H](CCC(=O)O)C(N)=O. The Bertz CT molecular complexity index is 1380. The fourth-order valence-corrected chi connectivity index (χ4v) is 5.42. The van der Waals surface area contributed by atoms with Gasteiger partial charge in [-0.25, -0.2) is 0 Å². The van der Waals surface area contributed by atoms with Crippen molar-refractivity contribution in [2.24, 2.45) is 17.6 Å². The Morgan fingerprint density at radius 3 is 2.04 bits per heavy atom. The zero-order valence-corrected chi connectivity index (χ0v) is 27.7. The maximum Gasteiger partial charge on any atom is 0.303 e. The Labute approximate surface area is 270 Å². The summed E-state index contributed by atoms with van der Waals surface area (Å²) in [5, 5.41) is 18.4. The molecular formula is C33H50N6O7. The highest BCUT2D eigenvalue weighted by molar-refractivity contribution is 5.96. The largest absolute Gasteiger partial charge is 0.481 e. The molecule has 1 aromatic carbocycles. The maximum atomic E-state index is 14.3. The van der Waals surface area contributed by atoms with E-state index in [-0.39, 0.29) is 43.6 Å². The molecule has 13 nitrogen and oxygen atoms in total. The number of nitrogens with one attached hydrogen (secondary N) is 4. The minimum atomic E-state index is -1.20. The molecule has 1 heterocycles. The lowest BCUT2D eigenvalue weighted by molar-refractivity contribution is -0.144. The number of carboxylic acids is 1. The molecule has 0 saturated carbocycles. The molecule has 0 aliphatic carbocycles. The number of para-hydroxylation sites is 1. The average molecular weight is 643 g/mol. The number of primary amides is 1. The monoisotopic (exact) mass is 642 g/mol. The normalized spacial score (nSPS) is 15.1. The molecule has 1 aromatic heterocycles. The average Bonchev–Trinajstić information content (AvgIpc) is 3.42. The Kier molecular flexibility index (Phi) is 14.7. The molecule has 0 radical (unpaired) electrons. The number of hydrogen-bond donors (Lipinski definition) is 6. The van der Waals surface area contributed by atoms with Crippen molar-refractivity contribution in [3.63, 3.8) is 0 Å². The van der Waals surface area contributed by atoms with Gasteiger partial charge in [0.2, 0.25) is 29.5 Å². The van der Waals surface area contributed by atoms with E-state index in [1.165, 1.54) is 11.8 Å². The number of rotatable bonds is 19. The second-order valence-corrected chi connectivity index (χ2v) is 11.9. The predicted molar refractivity (Wildman–Crippen MR) is 174 cm³/mol. The van der Waals surface area contributed by atoms with Crippen molar-refractivity contribution in [3.05, 3.63) is 36.0 Å². The number of H-pyrrole nitrogens is 1. The van der Waals surface area contributed by atoms with Gasteiger partial charge in [0.1, 0.15) is 24.2 Å². The first-order chi connectivity index (χ1) is 21.7. The van der Waals surface area contributed by atoms with Gasteiger partial charge in [-0.05, 0) is 36.3 Å². The molecule has 0 unspecified atom stereocenters. The van der Waals surface area contributed by atoms with Crippen LogP contribution in [0.1, 0.15) is 79.2 Å². The summed E-state index contributed by atoms with van der Waals surface area (Å²) in [7, 11) is 0. The number of aromatic amines is 1. The molecule has 13 heteroatoms. The molecule has 0 saturated heterocycles. The van der Waals surface area contributed by atoms with Gasteiger partial charge in [-0.2, -0.15) is 0 Å². The molecule has 6 atom stereocenters. The van der Waals surface area contributed by atoms with Crippen molar-refractivity contribution in [2.75, 3.05) is 6.54 Å². The van der Waals surface area contributed by atoms with Gasteiger partial charge in [0.15, 0.2) is 0 Å². The number of hydrogen-bond acceptors (Lipinski definition) is 6. The number of aliphatic carboxylic acids is 1. The smallest absolute Gasteiger partial charge is 0.303 e. The number of benzene rings is 1. The first-order valence-electron chi connectivity index (χ1n) is 16.0. The lowest BCUT2D eigenvalue weighted by Gasteiger charge is -2.34. The van der Waals surface area contributed by atoms with Crippen LogP contribution < -0.4 is 21.7 Å². The van der Waals surface area contributed by atoms with Crippen LogP contribution in [0.3, 0.4) is 0 Å². The molecule has 7 N–H and O–H groups in total. The number of carbonyl (C=O) groups is 6. The Balaban J connectivity index is 2.53. The lowest BCUT2D eigenvalue weighted by atomic mass is 9.94. The predicted octanol–water partition coefficient (Wildman–Crippen LogP) is 2.23. The lowest BCUT2D eigenvalue weighted by Crippen LogP contribution is -2.61. The van der Waals surface area contributed by atoms with Crippen LogP contribution in [0.4, 0.5) is 0 Å². The van der Waals surface area contributed by atoms with E-state index in [0.29, 0.717) is 19.3 Å². The molecule has 0 bridgehead atoms. The van der Waals surface area contributed by atoms with E-state index in [1.54, 1.807) is 20.0 Å². The van der Waals surface area contributed by atoms with Crippen molar-refractivity contribution >= 4 is 46.4 Å². The van der Waals surface area contributed by atoms with E-state index in [1.807, 2.05) is 45.0 Å². The van der Waals surface area contributed by atoms with Gasteiger partial charge in [0.05, 0.1) is 0 Å². The summed E-state index contributed by atoms with van der Waals surface area (Å²) in [6.07, 6.45) is 2.80. The van der Waals surface area contributed by atoms with Crippen molar-refractivity contribution in [1.82, 2.24) is 25.8 Å². The van der Waals surface area contributed by atoms with Crippen molar-refractivity contribution in [2.45, 2.75) is 104 Å². The molecule has 0 aliphatic heterocycles. The molecule has 2 aromatic rings. The third-order valence-corrected chi connectivity index (χ3v) is 8.44. The molecule has 254 valence electrons. The molecular weight excluding hydrogens is 592 g/mol. The fraction of sp³-hybridized carbons (Fsp3) is 0.576. The van der Waals surface area contributed by atoms with Crippen LogP contribution in [0.5, 0.6) is 0 Å². The Morgan fingerprint density at radius 2 is 1.50 bits per heavy atom. The number of fused-ring (bicyclic) bond motifs is 1. The van der Waals surface area contributed by atoms with Gasteiger partial charge in [-0.3, -0.25) is 28.8 Å². The third kappa shape index (κ3) is 10.3. The zero-order chi connectivity index (χ0) is 34.6. The van der Waals surface area contributed by atoms with Crippen LogP contribution in [-0.2, 0) is 35.2 Å². The first kappa shape index (κ1) is 37.8. The molecule has 46 heavy (non-hydrogen) atoms. The summed E-state index contributed by atoms with van der Waals surface area (Å²) < 4.78 is 0. The second-order valence-electron chi connectivity index (χ2n) is 11.9. The summed E-state index contributed by atoms with van der Waals surface area (Å²) >= 11 is 0. The number of carboxylic acid groups (broad SMARTS) is 1. The number of nitrogens with zero attached hydrogens (tertiary/aromatic N) is 1. The number of aromatic nitrogens is 1. The van der Waals surface area contributed by atoms with Gasteiger partial charge in [0.25, 0.3) is 0 Å². The standard InChI is InChI=1S/C33H50N6O7/c1-7-16-39(26(30(34)43)14-15-27(41)42)33(46)25(17-22-18-35-24-13-11-10-12-23(22)24)37-31(44)29(20(5)9-3)38-32(45)28(19(4)8-2)36-21(6)40/h10-13,18-20,25-26,28-29,35H,7-9,14-17H2,1-6H3,(H2,34,43)(H,36,40)(H,37,44)(H,38,45)(H,41,42)/t19-,20-,25-,26-,28-,29-/m0/s1. The van der Waals surface area contributed by atoms with Gasteiger partial charge in [-0.15, -0.1) is 0 Å². The van der Waals surface area contributed by atoms with Crippen LogP contribution in [0.25, 0.3) is 10.9 Å². The zero-order valence-electron chi connectivity index (χ0n) is 27.7. The summed E-state index contributed by atoms with van der Waals surface area (Å²) in [6.45, 7) is 10.6. The van der Waals surface area contributed by atoms with E-state index in [2.05, 4.69) is 20.9 Å². The van der Waals surface area contributed by atoms with Crippen molar-refractivity contribution < 1.29 is 33.9 Å². The van der Waals surface area contributed by atoms with Crippen LogP contribution in [-0.4, -0.2) is 81.2 Å². The number of nitrogens with two attached hydrogens (primary N) is 1. The van der Waals surface area contributed by atoms with Crippen LogP contribution in [0.2, 0.25) is 0 Å². The highest BCUT2D eigenvalue weighted by Gasteiger charge is 2.37. The summed E-state index contributed by atoms with van der Waals surface area (Å²) in [6, 6.07) is 3.18. The maximum absolute atomic E-state index is 14.3. The molecule has 5 amide bonds. The van der Waals surface area contributed by atoms with Crippen LogP contribution >= 0.6 is 0 Å². The van der Waals surface area contributed by atoms with Gasteiger partial charge < -0.3 is 36.7 Å². The van der Waals surface area contributed by atoms with E-state index in [4.69, 9.17) is 5.73 Å². The summed E-state index contributed by atoms with van der Waals surface area (Å²) in [5.74, 6) is -4.64. The van der Waals surface area contributed by atoms with Gasteiger partial charge in [-0.1, -0.05) is 65.7 Å². The van der Waals surface area contributed by atoms with E-state index < -0.39 is 53.8 Å². The fourth-order valence-electron chi connectivity index (χ4n) is 5.42. The van der Waals surface area contributed by atoms with E-state index >= 15 is 0 Å². The van der Waals surface area contributed by atoms with E-state index in [9.17, 15) is 33.9 Å². The molecule has 0 aliphatic rings. The van der Waals surface area contributed by atoms with Crippen molar-refractivity contribution in [1.29, 1.82) is 0 Å². The number of carbonyl (C=O) groups excluding carboxylic acids is 5. The Morgan fingerprint density at radius 1 is 0.913 bits per heavy atom. The quantitative estimate of drug-likeness (QED) is 0.135.